The molecule has 1 saturated heterocycles. The van der Waals surface area contributed by atoms with Crippen molar-refractivity contribution in [2.24, 2.45) is 4.99 Å². The molecule has 1 aromatic carbocycles. The Morgan fingerprint density at radius 3 is 2.81 bits per heavy atom. The fraction of sp³-hybridized carbons (Fsp3) is 0.588. The van der Waals surface area contributed by atoms with E-state index in [-0.39, 0.29) is 48.2 Å². The SMILES string of the molecule is CN=C(NCCS(=O)(=O)NCC1CCCCO1)NCc1cccc(F)c1.I. The maximum Gasteiger partial charge on any atom is 0.213 e. The van der Waals surface area contributed by atoms with E-state index in [1.54, 1.807) is 19.2 Å². The van der Waals surface area contributed by atoms with Gasteiger partial charge in [-0.25, -0.2) is 17.5 Å². The van der Waals surface area contributed by atoms with E-state index in [0.717, 1.165) is 24.8 Å². The van der Waals surface area contributed by atoms with Gasteiger partial charge in [0.2, 0.25) is 10.0 Å². The van der Waals surface area contributed by atoms with E-state index in [9.17, 15) is 12.8 Å². The summed E-state index contributed by atoms with van der Waals surface area (Å²) >= 11 is 0. The summed E-state index contributed by atoms with van der Waals surface area (Å²) in [5.41, 5.74) is 0.773. The summed E-state index contributed by atoms with van der Waals surface area (Å²) in [5, 5.41) is 5.96. The van der Waals surface area contributed by atoms with Crippen molar-refractivity contribution in [2.45, 2.75) is 31.9 Å². The number of benzene rings is 1. The highest BCUT2D eigenvalue weighted by atomic mass is 127. The van der Waals surface area contributed by atoms with Gasteiger partial charge in [-0.3, -0.25) is 4.99 Å². The lowest BCUT2D eigenvalue weighted by Crippen LogP contribution is -2.42. The zero-order chi connectivity index (χ0) is 18.8. The summed E-state index contributed by atoms with van der Waals surface area (Å²) < 4.78 is 45.4. The smallest absolute Gasteiger partial charge is 0.213 e. The first kappa shape index (κ1) is 24.1. The number of ether oxygens (including phenoxy) is 1. The molecule has 1 fully saturated rings. The Morgan fingerprint density at radius 2 is 2.15 bits per heavy atom. The van der Waals surface area contributed by atoms with Crippen LogP contribution in [0.1, 0.15) is 24.8 Å². The summed E-state index contributed by atoms with van der Waals surface area (Å²) in [6.45, 7) is 1.61. The van der Waals surface area contributed by atoms with E-state index in [4.69, 9.17) is 4.74 Å². The molecule has 0 bridgehead atoms. The van der Waals surface area contributed by atoms with Crippen molar-refractivity contribution in [3.8, 4) is 0 Å². The highest BCUT2D eigenvalue weighted by molar-refractivity contribution is 14.0. The molecule has 1 aliphatic heterocycles. The molecule has 10 heteroatoms. The van der Waals surface area contributed by atoms with E-state index in [1.165, 1.54) is 12.1 Å². The van der Waals surface area contributed by atoms with Gasteiger partial charge < -0.3 is 15.4 Å². The lowest BCUT2D eigenvalue weighted by atomic mass is 10.1. The van der Waals surface area contributed by atoms with E-state index in [2.05, 4.69) is 20.3 Å². The Labute approximate surface area is 177 Å². The molecule has 7 nitrogen and oxygen atoms in total. The van der Waals surface area contributed by atoms with Crippen molar-refractivity contribution in [2.75, 3.05) is 32.5 Å². The van der Waals surface area contributed by atoms with E-state index < -0.39 is 10.0 Å². The quantitative estimate of drug-likeness (QED) is 0.279. The van der Waals surface area contributed by atoms with Crippen molar-refractivity contribution in [3.05, 3.63) is 35.6 Å². The average Bonchev–Trinajstić information content (AvgIpc) is 2.64. The third-order valence-corrected chi connectivity index (χ3v) is 5.39. The topological polar surface area (TPSA) is 91.8 Å². The number of hydrogen-bond donors (Lipinski definition) is 3. The van der Waals surface area contributed by atoms with Crippen molar-refractivity contribution >= 4 is 40.0 Å². The maximum atomic E-state index is 13.2. The molecule has 0 spiro atoms. The first-order chi connectivity index (χ1) is 12.5. The molecular formula is C17H28FIN4O3S. The predicted octanol–water partition coefficient (Wildman–Crippen LogP) is 1.60. The third-order valence-electron chi connectivity index (χ3n) is 4.04. The van der Waals surface area contributed by atoms with Gasteiger partial charge in [0.15, 0.2) is 5.96 Å². The largest absolute Gasteiger partial charge is 0.377 e. The normalized spacial score (nSPS) is 17.9. The molecular weight excluding hydrogens is 486 g/mol. The van der Waals surface area contributed by atoms with Gasteiger partial charge in [0.05, 0.1) is 11.9 Å². The molecule has 0 radical (unpaired) electrons. The number of nitrogens with one attached hydrogen (secondary N) is 3. The Morgan fingerprint density at radius 1 is 1.33 bits per heavy atom. The van der Waals surface area contributed by atoms with Crippen molar-refractivity contribution < 1.29 is 17.5 Å². The van der Waals surface area contributed by atoms with E-state index in [1.807, 2.05) is 0 Å². The van der Waals surface area contributed by atoms with Crippen molar-refractivity contribution in [1.82, 2.24) is 15.4 Å². The van der Waals surface area contributed by atoms with Crippen LogP contribution < -0.4 is 15.4 Å². The monoisotopic (exact) mass is 514 g/mol. The van der Waals surface area contributed by atoms with Gasteiger partial charge in [-0.05, 0) is 37.0 Å². The number of rotatable bonds is 8. The third kappa shape index (κ3) is 9.67. The lowest BCUT2D eigenvalue weighted by molar-refractivity contribution is 0.0200. The average molecular weight is 514 g/mol. The van der Waals surface area contributed by atoms with Crippen LogP contribution in [0.3, 0.4) is 0 Å². The minimum atomic E-state index is -3.38. The molecule has 0 aliphatic carbocycles. The second-order valence-electron chi connectivity index (χ2n) is 6.14. The fourth-order valence-electron chi connectivity index (χ4n) is 2.62. The zero-order valence-corrected chi connectivity index (χ0v) is 18.6. The molecule has 27 heavy (non-hydrogen) atoms. The van der Waals surface area contributed by atoms with Gasteiger partial charge in [0.25, 0.3) is 0 Å². The molecule has 0 aromatic heterocycles. The molecule has 2 rings (SSSR count). The molecule has 0 saturated carbocycles. The molecule has 1 aromatic rings. The van der Waals surface area contributed by atoms with Crippen LogP contribution in [0.5, 0.6) is 0 Å². The second kappa shape index (κ2) is 12.5. The number of hydrogen-bond acceptors (Lipinski definition) is 4. The Bertz CT molecular complexity index is 697. The standard InChI is InChI=1S/C17H27FN4O3S.HI/c1-19-17(21-12-14-5-4-6-15(18)11-14)20-8-10-26(23,24)22-13-16-7-2-3-9-25-16;/h4-6,11,16,22H,2-3,7-10,12-13H2,1H3,(H2,19,20,21);1H. The van der Waals surface area contributed by atoms with Crippen LogP contribution in [0, 0.1) is 5.82 Å². The highest BCUT2D eigenvalue weighted by Crippen LogP contribution is 2.11. The van der Waals surface area contributed by atoms with Crippen LogP contribution in [0.25, 0.3) is 0 Å². The minimum absolute atomic E-state index is 0. The predicted molar refractivity (Wildman–Crippen MR) is 115 cm³/mol. The van der Waals surface area contributed by atoms with Gasteiger partial charge in [0, 0.05) is 33.3 Å². The number of halogens is 2. The molecule has 0 amide bonds. The second-order valence-corrected chi connectivity index (χ2v) is 8.06. The summed E-state index contributed by atoms with van der Waals surface area (Å²) in [6.07, 6.45) is 2.96. The van der Waals surface area contributed by atoms with Crippen molar-refractivity contribution in [1.29, 1.82) is 0 Å². The van der Waals surface area contributed by atoms with E-state index in [0.29, 0.717) is 25.7 Å². The van der Waals surface area contributed by atoms with Gasteiger partial charge in [-0.1, -0.05) is 12.1 Å². The number of aliphatic imine (C=N–C) groups is 1. The molecule has 1 unspecified atom stereocenters. The maximum absolute atomic E-state index is 13.2. The van der Waals surface area contributed by atoms with Crippen LogP contribution in [0.4, 0.5) is 4.39 Å². The Balaban J connectivity index is 0.00000364. The number of guanidine groups is 1. The van der Waals surface area contributed by atoms with Crippen LogP contribution in [0.15, 0.2) is 29.3 Å². The summed E-state index contributed by atoms with van der Waals surface area (Å²) in [5.74, 6) is 0.0897. The molecule has 154 valence electrons. The first-order valence-corrected chi connectivity index (χ1v) is 10.4. The highest BCUT2D eigenvalue weighted by Gasteiger charge is 2.17. The van der Waals surface area contributed by atoms with Crippen LogP contribution in [-0.4, -0.2) is 53.0 Å². The van der Waals surface area contributed by atoms with Crippen LogP contribution in [0.2, 0.25) is 0 Å². The summed E-state index contributed by atoms with van der Waals surface area (Å²) in [4.78, 5) is 4.03. The zero-order valence-electron chi connectivity index (χ0n) is 15.4. The van der Waals surface area contributed by atoms with Gasteiger partial charge >= 0.3 is 0 Å². The Kier molecular flexibility index (Phi) is 11.1. The molecule has 1 heterocycles. The van der Waals surface area contributed by atoms with Crippen LogP contribution in [-0.2, 0) is 21.3 Å². The molecule has 3 N–H and O–H groups in total. The lowest BCUT2D eigenvalue weighted by Gasteiger charge is -2.22. The summed E-state index contributed by atoms with van der Waals surface area (Å²) in [7, 11) is -1.79. The Hall–Kier alpha value is -0.980. The fourth-order valence-corrected chi connectivity index (χ4v) is 3.57. The van der Waals surface area contributed by atoms with E-state index >= 15 is 0 Å². The summed E-state index contributed by atoms with van der Waals surface area (Å²) in [6, 6.07) is 6.25. The van der Waals surface area contributed by atoms with Crippen LogP contribution >= 0.6 is 24.0 Å². The minimum Gasteiger partial charge on any atom is -0.377 e. The van der Waals surface area contributed by atoms with Gasteiger partial charge in [-0.15, -0.1) is 24.0 Å². The van der Waals surface area contributed by atoms with Gasteiger partial charge in [0.1, 0.15) is 5.82 Å². The van der Waals surface area contributed by atoms with Gasteiger partial charge in [-0.2, -0.15) is 0 Å². The number of nitrogens with zero attached hydrogens (tertiary/aromatic N) is 1. The number of sulfonamides is 1. The van der Waals surface area contributed by atoms with Crippen molar-refractivity contribution in [3.63, 3.8) is 0 Å². The molecule has 1 atom stereocenters. The first-order valence-electron chi connectivity index (χ1n) is 8.76. The molecule has 1 aliphatic rings.